The number of hydrogen-bond acceptors (Lipinski definition) is 0. The average Bonchev–Trinajstić information content (AvgIpc) is 2.52. The third kappa shape index (κ3) is 5.74. The largest absolute Gasteiger partial charge is 0.0683 e. The molecule has 0 saturated heterocycles. The van der Waals surface area contributed by atoms with Gasteiger partial charge in [0.15, 0.2) is 0 Å². The first-order chi connectivity index (χ1) is 9.29. The van der Waals surface area contributed by atoms with Gasteiger partial charge < -0.3 is 0 Å². The summed E-state index contributed by atoms with van der Waals surface area (Å²) < 4.78 is 0. The van der Waals surface area contributed by atoms with Gasteiger partial charge in [-0.3, -0.25) is 0 Å². The number of rotatable bonds is 2. The van der Waals surface area contributed by atoms with E-state index in [0.717, 1.165) is 6.42 Å². The molecule has 0 bridgehead atoms. The van der Waals surface area contributed by atoms with E-state index in [-0.39, 0.29) is 0 Å². The minimum Gasteiger partial charge on any atom is -0.0683 e. The molecular formula is C19H28. The van der Waals surface area contributed by atoms with Crippen LogP contribution in [-0.4, -0.2) is 0 Å². The van der Waals surface area contributed by atoms with Crippen LogP contribution in [0.25, 0.3) is 11.1 Å². The number of hydrogen-bond donors (Lipinski definition) is 0. The Kier molecular flexibility index (Phi) is 9.52. The summed E-state index contributed by atoms with van der Waals surface area (Å²) in [6.45, 7) is 12.3. The maximum atomic E-state index is 2.27. The summed E-state index contributed by atoms with van der Waals surface area (Å²) >= 11 is 0. The zero-order valence-electron chi connectivity index (χ0n) is 13.3. The van der Waals surface area contributed by atoms with Crippen molar-refractivity contribution in [1.29, 1.82) is 0 Å². The smallest absolute Gasteiger partial charge is 0.0181 e. The van der Waals surface area contributed by atoms with Crippen LogP contribution in [0, 0.1) is 6.92 Å². The molecular weight excluding hydrogens is 228 g/mol. The van der Waals surface area contributed by atoms with Gasteiger partial charge in [0.2, 0.25) is 0 Å². The molecule has 0 aliphatic rings. The quantitative estimate of drug-likeness (QED) is 0.593. The zero-order chi connectivity index (χ0) is 14.7. The molecule has 0 radical (unpaired) electrons. The van der Waals surface area contributed by atoms with Crippen LogP contribution in [0.15, 0.2) is 48.5 Å². The predicted octanol–water partition coefficient (Wildman–Crippen LogP) is 6.28. The van der Waals surface area contributed by atoms with Gasteiger partial charge in [-0.2, -0.15) is 0 Å². The van der Waals surface area contributed by atoms with Crippen LogP contribution in [0.3, 0.4) is 0 Å². The van der Waals surface area contributed by atoms with E-state index in [1.165, 1.54) is 22.3 Å². The molecule has 0 nitrogen and oxygen atoms in total. The molecule has 0 heterocycles. The molecule has 0 spiro atoms. The number of benzene rings is 2. The van der Waals surface area contributed by atoms with Gasteiger partial charge in [0.05, 0.1) is 0 Å². The standard InChI is InChI=1S/C15H16.2C2H6/c1-3-13-5-4-6-15(11-13)14-9-7-12(2)8-10-14;2*1-2/h4-11H,3H2,1-2H3;2*1-2H3. The minimum absolute atomic E-state index is 1.10. The monoisotopic (exact) mass is 256 g/mol. The summed E-state index contributed by atoms with van der Waals surface area (Å²) in [6.07, 6.45) is 1.10. The van der Waals surface area contributed by atoms with Crippen molar-refractivity contribution >= 4 is 0 Å². The maximum Gasteiger partial charge on any atom is -0.0181 e. The fourth-order valence-electron chi connectivity index (χ4n) is 1.72. The van der Waals surface area contributed by atoms with Crippen molar-refractivity contribution in [1.82, 2.24) is 0 Å². The van der Waals surface area contributed by atoms with Crippen LogP contribution in [0.5, 0.6) is 0 Å². The fraction of sp³-hybridized carbons (Fsp3) is 0.368. The molecule has 2 rings (SSSR count). The topological polar surface area (TPSA) is 0 Å². The molecule has 104 valence electrons. The summed E-state index contributed by atoms with van der Waals surface area (Å²) in [6, 6.07) is 17.4. The van der Waals surface area contributed by atoms with E-state index >= 15 is 0 Å². The first kappa shape index (κ1) is 17.4. The highest BCUT2D eigenvalue weighted by Crippen LogP contribution is 2.20. The molecule has 0 N–H and O–H groups in total. The lowest BCUT2D eigenvalue weighted by atomic mass is 10.0. The Labute approximate surface area is 119 Å². The lowest BCUT2D eigenvalue weighted by Gasteiger charge is -2.04. The highest BCUT2D eigenvalue weighted by molar-refractivity contribution is 5.64. The molecule has 19 heavy (non-hydrogen) atoms. The second-order valence-corrected chi connectivity index (χ2v) is 3.92. The van der Waals surface area contributed by atoms with E-state index < -0.39 is 0 Å². The molecule has 0 amide bonds. The summed E-state index contributed by atoms with van der Waals surface area (Å²) in [5.74, 6) is 0. The summed E-state index contributed by atoms with van der Waals surface area (Å²) in [7, 11) is 0. The normalized spacial score (nSPS) is 8.74. The molecule has 0 unspecified atom stereocenters. The Morgan fingerprint density at radius 2 is 1.32 bits per heavy atom. The lowest BCUT2D eigenvalue weighted by Crippen LogP contribution is -1.82. The van der Waals surface area contributed by atoms with E-state index in [1.54, 1.807) is 0 Å². The summed E-state index contributed by atoms with van der Waals surface area (Å²) in [5.41, 5.74) is 5.32. The maximum absolute atomic E-state index is 2.27. The van der Waals surface area contributed by atoms with Gasteiger partial charge in [-0.1, -0.05) is 88.7 Å². The van der Waals surface area contributed by atoms with Crippen LogP contribution in [0.1, 0.15) is 45.7 Å². The van der Waals surface area contributed by atoms with E-state index in [4.69, 9.17) is 0 Å². The molecule has 0 aliphatic carbocycles. The van der Waals surface area contributed by atoms with E-state index in [1.807, 2.05) is 27.7 Å². The Balaban J connectivity index is 0.000000741. The minimum atomic E-state index is 1.10. The predicted molar refractivity (Wildman–Crippen MR) is 88.7 cm³/mol. The van der Waals surface area contributed by atoms with Crippen molar-refractivity contribution in [3.05, 3.63) is 59.7 Å². The second kappa shape index (κ2) is 10.4. The van der Waals surface area contributed by atoms with E-state index in [2.05, 4.69) is 62.4 Å². The second-order valence-electron chi connectivity index (χ2n) is 3.92. The van der Waals surface area contributed by atoms with Gasteiger partial charge in [-0.05, 0) is 30.0 Å². The van der Waals surface area contributed by atoms with Gasteiger partial charge in [-0.15, -0.1) is 0 Å². The van der Waals surface area contributed by atoms with Crippen LogP contribution < -0.4 is 0 Å². The first-order valence-electron chi connectivity index (χ1n) is 7.45. The summed E-state index contributed by atoms with van der Waals surface area (Å²) in [5, 5.41) is 0. The van der Waals surface area contributed by atoms with Crippen molar-refractivity contribution < 1.29 is 0 Å². The number of aryl methyl sites for hydroxylation is 2. The molecule has 0 heteroatoms. The van der Waals surface area contributed by atoms with E-state index in [0.29, 0.717) is 0 Å². The Hall–Kier alpha value is -1.56. The zero-order valence-corrected chi connectivity index (χ0v) is 13.3. The van der Waals surface area contributed by atoms with Gasteiger partial charge >= 0.3 is 0 Å². The van der Waals surface area contributed by atoms with Crippen molar-refractivity contribution in [2.75, 3.05) is 0 Å². The lowest BCUT2D eigenvalue weighted by molar-refractivity contribution is 1.14. The van der Waals surface area contributed by atoms with Gasteiger partial charge in [0.25, 0.3) is 0 Å². The van der Waals surface area contributed by atoms with Crippen molar-refractivity contribution in [3.63, 3.8) is 0 Å². The Morgan fingerprint density at radius 3 is 1.84 bits per heavy atom. The fourth-order valence-corrected chi connectivity index (χ4v) is 1.72. The third-order valence-corrected chi connectivity index (χ3v) is 2.72. The van der Waals surface area contributed by atoms with Gasteiger partial charge in [-0.25, -0.2) is 0 Å². The molecule has 0 fully saturated rings. The van der Waals surface area contributed by atoms with Crippen LogP contribution >= 0.6 is 0 Å². The SMILES string of the molecule is CC.CC.CCc1cccc(-c2ccc(C)cc2)c1. The third-order valence-electron chi connectivity index (χ3n) is 2.72. The molecule has 0 aromatic heterocycles. The summed E-state index contributed by atoms with van der Waals surface area (Å²) in [4.78, 5) is 0. The average molecular weight is 256 g/mol. The first-order valence-corrected chi connectivity index (χ1v) is 7.45. The Morgan fingerprint density at radius 1 is 0.737 bits per heavy atom. The van der Waals surface area contributed by atoms with E-state index in [9.17, 15) is 0 Å². The van der Waals surface area contributed by atoms with Gasteiger partial charge in [0.1, 0.15) is 0 Å². The Bertz CT molecular complexity index is 438. The van der Waals surface area contributed by atoms with Crippen molar-refractivity contribution in [2.45, 2.75) is 48.0 Å². The van der Waals surface area contributed by atoms with Crippen LogP contribution in [0.4, 0.5) is 0 Å². The molecule has 2 aromatic carbocycles. The highest BCUT2D eigenvalue weighted by Gasteiger charge is 1.97. The molecule has 2 aromatic rings. The molecule has 0 atom stereocenters. The van der Waals surface area contributed by atoms with Crippen LogP contribution in [0.2, 0.25) is 0 Å². The van der Waals surface area contributed by atoms with Gasteiger partial charge in [0, 0.05) is 0 Å². The highest BCUT2D eigenvalue weighted by atomic mass is 14.0. The molecule has 0 aliphatic heterocycles. The van der Waals surface area contributed by atoms with Crippen molar-refractivity contribution in [2.24, 2.45) is 0 Å². The van der Waals surface area contributed by atoms with Crippen molar-refractivity contribution in [3.8, 4) is 11.1 Å². The molecule has 0 saturated carbocycles. The van der Waals surface area contributed by atoms with Crippen LogP contribution in [-0.2, 0) is 6.42 Å².